The van der Waals surface area contributed by atoms with Crippen LogP contribution in [0.25, 0.3) is 10.9 Å². The highest BCUT2D eigenvalue weighted by Crippen LogP contribution is 2.42. The zero-order chi connectivity index (χ0) is 30.4. The Morgan fingerprint density at radius 3 is 1.89 bits per heavy atom. The van der Waals surface area contributed by atoms with Crippen LogP contribution in [0, 0.1) is 0 Å². The van der Waals surface area contributed by atoms with Crippen LogP contribution >= 0.6 is 23.2 Å². The zero-order valence-electron chi connectivity index (χ0n) is 24.0. The average Bonchev–Trinajstić information content (AvgIpc) is 3.83. The lowest BCUT2D eigenvalue weighted by molar-refractivity contribution is 0.0661. The maximum Gasteiger partial charge on any atom is 0.336 e. The van der Waals surface area contributed by atoms with E-state index in [9.17, 15) is 14.7 Å². The maximum absolute atomic E-state index is 13.3. The smallest absolute Gasteiger partial charge is 0.336 e. The molecule has 2 heterocycles. The molecule has 0 spiro atoms. The minimum absolute atomic E-state index is 0.0140. The van der Waals surface area contributed by atoms with Gasteiger partial charge in [-0.1, -0.05) is 65.7 Å². The number of nitrogens with zero attached hydrogens (tertiary/aromatic N) is 3. The molecule has 6 nitrogen and oxygen atoms in total. The molecule has 0 radical (unpaired) electrons. The van der Waals surface area contributed by atoms with Gasteiger partial charge >= 0.3 is 5.97 Å². The number of carbonyl (C=O) groups is 2. The van der Waals surface area contributed by atoms with E-state index in [1.54, 1.807) is 23.1 Å². The van der Waals surface area contributed by atoms with E-state index in [0.29, 0.717) is 29.2 Å². The van der Waals surface area contributed by atoms with Crippen LogP contribution in [0.2, 0.25) is 10.0 Å². The Labute approximate surface area is 265 Å². The second kappa shape index (κ2) is 11.8. The van der Waals surface area contributed by atoms with Crippen molar-refractivity contribution in [3.63, 3.8) is 0 Å². The number of rotatable bonds is 7. The van der Waals surface area contributed by atoms with Gasteiger partial charge in [0, 0.05) is 40.4 Å². The molecule has 1 aliphatic carbocycles. The number of aromatic nitrogens is 2. The highest BCUT2D eigenvalue weighted by Gasteiger charge is 2.33. The van der Waals surface area contributed by atoms with E-state index in [1.807, 2.05) is 24.3 Å². The fourth-order valence-electron chi connectivity index (χ4n) is 6.53. The van der Waals surface area contributed by atoms with Gasteiger partial charge in [0.1, 0.15) is 0 Å². The molecule has 1 saturated heterocycles. The third kappa shape index (κ3) is 5.49. The quantitative estimate of drug-likeness (QED) is 0.184. The van der Waals surface area contributed by atoms with E-state index in [-0.39, 0.29) is 28.9 Å². The Kier molecular flexibility index (Phi) is 7.65. The largest absolute Gasteiger partial charge is 0.478 e. The molecule has 222 valence electrons. The van der Waals surface area contributed by atoms with Gasteiger partial charge in [0.15, 0.2) is 0 Å². The normalized spacial score (nSPS) is 15.7. The van der Waals surface area contributed by atoms with Crippen molar-refractivity contribution in [3.05, 3.63) is 135 Å². The SMILES string of the molecule is O=C(O)c1ccccc1C(=O)N1CCC(c2nn(C3CC3)c3ccc(C(c4ccc(Cl)cc4)c4ccc(Cl)cc4)cc23)CC1. The Morgan fingerprint density at radius 2 is 1.32 bits per heavy atom. The average molecular weight is 625 g/mol. The van der Waals surface area contributed by atoms with Crippen LogP contribution in [0.1, 0.15) is 86.7 Å². The summed E-state index contributed by atoms with van der Waals surface area (Å²) >= 11 is 12.5. The number of fused-ring (bicyclic) bond motifs is 1. The lowest BCUT2D eigenvalue weighted by atomic mass is 9.84. The number of amides is 1. The van der Waals surface area contributed by atoms with Crippen molar-refractivity contribution in [1.82, 2.24) is 14.7 Å². The molecule has 0 atom stereocenters. The molecule has 44 heavy (non-hydrogen) atoms. The van der Waals surface area contributed by atoms with E-state index in [4.69, 9.17) is 28.3 Å². The van der Waals surface area contributed by atoms with E-state index in [1.165, 1.54) is 6.07 Å². The summed E-state index contributed by atoms with van der Waals surface area (Å²) in [5, 5.41) is 17.4. The molecule has 2 aliphatic rings. The first kappa shape index (κ1) is 28.6. The fraction of sp³-hybridized carbons (Fsp3) is 0.250. The number of carboxylic acid groups (broad SMARTS) is 1. The van der Waals surface area contributed by atoms with Crippen molar-refractivity contribution >= 4 is 46.0 Å². The zero-order valence-corrected chi connectivity index (χ0v) is 25.5. The van der Waals surface area contributed by atoms with Gasteiger partial charge < -0.3 is 10.0 Å². The second-order valence-corrected chi connectivity index (χ2v) is 12.7. The van der Waals surface area contributed by atoms with Crippen molar-refractivity contribution in [2.75, 3.05) is 13.1 Å². The number of piperidine rings is 1. The summed E-state index contributed by atoms with van der Waals surface area (Å²) in [5.74, 6) is -1.14. The molecular weight excluding hydrogens is 593 g/mol. The highest BCUT2D eigenvalue weighted by molar-refractivity contribution is 6.30. The molecular formula is C36H31Cl2N3O3. The summed E-state index contributed by atoms with van der Waals surface area (Å²) in [4.78, 5) is 26.8. The lowest BCUT2D eigenvalue weighted by Crippen LogP contribution is -2.38. The molecule has 5 aromatic rings. The van der Waals surface area contributed by atoms with Crippen LogP contribution < -0.4 is 0 Å². The van der Waals surface area contributed by atoms with Gasteiger partial charge in [0.2, 0.25) is 0 Å². The van der Waals surface area contributed by atoms with Crippen molar-refractivity contribution in [2.45, 2.75) is 43.6 Å². The number of carbonyl (C=O) groups excluding carboxylic acids is 1. The minimum Gasteiger partial charge on any atom is -0.478 e. The first-order chi connectivity index (χ1) is 21.4. The molecule has 1 N–H and O–H groups in total. The summed E-state index contributed by atoms with van der Waals surface area (Å²) < 4.78 is 2.20. The summed E-state index contributed by atoms with van der Waals surface area (Å²) in [6.45, 7) is 1.10. The first-order valence-corrected chi connectivity index (χ1v) is 15.8. The van der Waals surface area contributed by atoms with Crippen LogP contribution in [-0.4, -0.2) is 44.8 Å². The van der Waals surface area contributed by atoms with Crippen LogP contribution in [0.5, 0.6) is 0 Å². The van der Waals surface area contributed by atoms with Crippen molar-refractivity contribution in [2.24, 2.45) is 0 Å². The standard InChI is InChI=1S/C36H31Cl2N3O3/c37-26-10-5-22(6-11-26)33(23-7-12-27(38)13-8-23)25-9-16-32-31(21-25)34(39-41(32)28-14-15-28)24-17-19-40(20-18-24)35(42)29-3-1-2-4-30(29)36(43)44/h1-13,16,21,24,28,33H,14-15,17-20H2,(H,43,44). The molecule has 0 unspecified atom stereocenters. The Bertz CT molecular complexity index is 1810. The van der Waals surface area contributed by atoms with Gasteiger partial charge in [-0.25, -0.2) is 4.79 Å². The Morgan fingerprint density at radius 1 is 0.750 bits per heavy atom. The number of carboxylic acids is 1. The minimum atomic E-state index is -1.09. The third-order valence-corrected chi connectivity index (χ3v) is 9.45. The Hall–Kier alpha value is -4.13. The molecule has 2 fully saturated rings. The maximum atomic E-state index is 13.3. The van der Waals surface area contributed by atoms with E-state index < -0.39 is 5.97 Å². The molecule has 1 amide bonds. The van der Waals surface area contributed by atoms with Gasteiger partial charge in [-0.2, -0.15) is 5.10 Å². The summed E-state index contributed by atoms with van der Waals surface area (Å²) in [5.41, 5.74) is 5.95. The van der Waals surface area contributed by atoms with Crippen LogP contribution in [-0.2, 0) is 0 Å². The van der Waals surface area contributed by atoms with E-state index in [2.05, 4.69) is 47.1 Å². The Balaban J connectivity index is 1.23. The van der Waals surface area contributed by atoms with Crippen molar-refractivity contribution < 1.29 is 14.7 Å². The molecule has 7 rings (SSSR count). The number of benzene rings is 4. The molecule has 1 aromatic heterocycles. The molecule has 0 bridgehead atoms. The van der Waals surface area contributed by atoms with Gasteiger partial charge in [0.05, 0.1) is 28.4 Å². The number of halogens is 2. The number of aromatic carboxylic acids is 1. The van der Waals surface area contributed by atoms with Gasteiger partial charge in [-0.05, 0) is 90.9 Å². The predicted octanol–water partition coefficient (Wildman–Crippen LogP) is 8.58. The summed E-state index contributed by atoms with van der Waals surface area (Å²) in [7, 11) is 0. The number of likely N-dealkylation sites (tertiary alicyclic amines) is 1. The predicted molar refractivity (Wildman–Crippen MR) is 173 cm³/mol. The van der Waals surface area contributed by atoms with Crippen molar-refractivity contribution in [3.8, 4) is 0 Å². The number of hydrogen-bond donors (Lipinski definition) is 1. The monoisotopic (exact) mass is 623 g/mol. The topological polar surface area (TPSA) is 75.4 Å². The summed E-state index contributed by atoms with van der Waals surface area (Å²) in [6.07, 6.45) is 3.79. The van der Waals surface area contributed by atoms with E-state index >= 15 is 0 Å². The molecule has 1 aliphatic heterocycles. The third-order valence-electron chi connectivity index (χ3n) is 8.95. The summed E-state index contributed by atoms with van der Waals surface area (Å²) in [6, 6.07) is 29.6. The van der Waals surface area contributed by atoms with Gasteiger partial charge in [-0.15, -0.1) is 0 Å². The van der Waals surface area contributed by atoms with E-state index in [0.717, 1.165) is 59.0 Å². The van der Waals surface area contributed by atoms with Gasteiger partial charge in [-0.3, -0.25) is 9.48 Å². The lowest BCUT2D eigenvalue weighted by Gasteiger charge is -2.32. The molecule has 1 saturated carbocycles. The molecule has 8 heteroatoms. The van der Waals surface area contributed by atoms with Crippen LogP contribution in [0.3, 0.4) is 0 Å². The molecule has 4 aromatic carbocycles. The second-order valence-electron chi connectivity index (χ2n) is 11.8. The van der Waals surface area contributed by atoms with Crippen LogP contribution in [0.15, 0.2) is 91.0 Å². The van der Waals surface area contributed by atoms with Crippen molar-refractivity contribution in [1.29, 1.82) is 0 Å². The van der Waals surface area contributed by atoms with Crippen LogP contribution in [0.4, 0.5) is 0 Å². The highest BCUT2D eigenvalue weighted by atomic mass is 35.5. The van der Waals surface area contributed by atoms with Gasteiger partial charge in [0.25, 0.3) is 5.91 Å². The number of hydrogen-bond acceptors (Lipinski definition) is 3. The fourth-order valence-corrected chi connectivity index (χ4v) is 6.78. The first-order valence-electron chi connectivity index (χ1n) is 15.0.